The van der Waals surface area contributed by atoms with Gasteiger partial charge in [0, 0.05) is 22.9 Å². The van der Waals surface area contributed by atoms with Crippen LogP contribution in [0.4, 0.5) is 4.39 Å². The van der Waals surface area contributed by atoms with Crippen LogP contribution in [-0.2, 0) is 4.79 Å². The van der Waals surface area contributed by atoms with Gasteiger partial charge < -0.3 is 0 Å². The molecule has 0 unspecified atom stereocenters. The number of rotatable bonds is 5. The maximum absolute atomic E-state index is 13.3. The standard InChI is InChI=1S/C14H12FN3OS/c15-12-5-1-2-6-13(12)20-10-14(19)18-17-9-11-4-3-7-16-8-11/h1-9H,10H2,(H,18,19)/b17-9+. The molecule has 6 heteroatoms. The van der Waals surface area contributed by atoms with Crippen LogP contribution < -0.4 is 5.43 Å². The van der Waals surface area contributed by atoms with Crippen molar-refractivity contribution in [3.8, 4) is 0 Å². The van der Waals surface area contributed by atoms with Crippen LogP contribution >= 0.6 is 11.8 Å². The molecule has 1 N–H and O–H groups in total. The summed E-state index contributed by atoms with van der Waals surface area (Å²) in [5.41, 5.74) is 3.17. The van der Waals surface area contributed by atoms with Crippen molar-refractivity contribution in [2.75, 3.05) is 5.75 Å². The van der Waals surface area contributed by atoms with Gasteiger partial charge in [0.1, 0.15) is 5.82 Å². The van der Waals surface area contributed by atoms with E-state index in [4.69, 9.17) is 0 Å². The Labute approximate surface area is 120 Å². The molecule has 1 aromatic carbocycles. The average molecular weight is 289 g/mol. The van der Waals surface area contributed by atoms with E-state index in [0.29, 0.717) is 4.90 Å². The number of amides is 1. The van der Waals surface area contributed by atoms with E-state index in [1.54, 1.807) is 36.7 Å². The summed E-state index contributed by atoms with van der Waals surface area (Å²) in [7, 11) is 0. The number of hydrogen-bond donors (Lipinski definition) is 1. The molecule has 0 spiro atoms. The van der Waals surface area contributed by atoms with E-state index in [0.717, 1.165) is 17.3 Å². The first-order valence-electron chi connectivity index (χ1n) is 5.85. The number of halogens is 1. The molecule has 2 aromatic rings. The Hall–Kier alpha value is -2.21. The summed E-state index contributed by atoms with van der Waals surface area (Å²) in [4.78, 5) is 15.9. The molecule has 1 heterocycles. The Morgan fingerprint density at radius 1 is 1.35 bits per heavy atom. The normalized spacial score (nSPS) is 10.7. The van der Waals surface area contributed by atoms with Crippen molar-refractivity contribution in [1.29, 1.82) is 0 Å². The molecule has 0 aliphatic carbocycles. The first-order valence-corrected chi connectivity index (χ1v) is 6.83. The van der Waals surface area contributed by atoms with E-state index < -0.39 is 0 Å². The lowest BCUT2D eigenvalue weighted by Gasteiger charge is -2.01. The van der Waals surface area contributed by atoms with Crippen LogP contribution in [0.5, 0.6) is 0 Å². The smallest absolute Gasteiger partial charge is 0.250 e. The number of hydrogen-bond acceptors (Lipinski definition) is 4. The SMILES string of the molecule is O=C(CSc1ccccc1F)N/N=C/c1cccnc1. The van der Waals surface area contributed by atoms with Gasteiger partial charge in [0.15, 0.2) is 0 Å². The second-order valence-corrected chi connectivity index (χ2v) is 4.82. The van der Waals surface area contributed by atoms with Crippen LogP contribution in [0, 0.1) is 5.82 Å². The fraction of sp³-hybridized carbons (Fsp3) is 0.0714. The molecule has 0 aliphatic heterocycles. The summed E-state index contributed by atoms with van der Waals surface area (Å²) in [5.74, 6) is -0.520. The van der Waals surface area contributed by atoms with E-state index in [-0.39, 0.29) is 17.5 Å². The second-order valence-electron chi connectivity index (χ2n) is 3.80. The van der Waals surface area contributed by atoms with Crippen molar-refractivity contribution >= 4 is 23.9 Å². The summed E-state index contributed by atoms with van der Waals surface area (Å²) < 4.78 is 13.3. The highest BCUT2D eigenvalue weighted by Gasteiger charge is 2.05. The van der Waals surface area contributed by atoms with Crippen molar-refractivity contribution in [3.63, 3.8) is 0 Å². The number of thioether (sulfide) groups is 1. The molecule has 0 radical (unpaired) electrons. The van der Waals surface area contributed by atoms with Gasteiger partial charge in [0.2, 0.25) is 5.91 Å². The molecule has 1 aromatic heterocycles. The van der Waals surface area contributed by atoms with Crippen LogP contribution in [-0.4, -0.2) is 22.9 Å². The number of hydrazone groups is 1. The number of aromatic nitrogens is 1. The number of nitrogens with one attached hydrogen (secondary N) is 1. The Bertz CT molecular complexity index is 604. The summed E-state index contributed by atoms with van der Waals surface area (Å²) in [6.07, 6.45) is 4.78. The molecular formula is C14H12FN3OS. The van der Waals surface area contributed by atoms with Gasteiger partial charge in [-0.15, -0.1) is 11.8 Å². The van der Waals surface area contributed by atoms with Crippen LogP contribution in [0.25, 0.3) is 0 Å². The lowest BCUT2D eigenvalue weighted by molar-refractivity contribution is -0.118. The van der Waals surface area contributed by atoms with E-state index in [1.165, 1.54) is 12.3 Å². The van der Waals surface area contributed by atoms with Crippen molar-refractivity contribution in [2.45, 2.75) is 4.90 Å². The zero-order chi connectivity index (χ0) is 14.2. The third-order valence-corrected chi connectivity index (χ3v) is 3.33. The monoisotopic (exact) mass is 289 g/mol. The number of carbonyl (C=O) groups is 1. The van der Waals surface area contributed by atoms with Crippen molar-refractivity contribution in [2.24, 2.45) is 5.10 Å². The van der Waals surface area contributed by atoms with Gasteiger partial charge in [0.25, 0.3) is 0 Å². The highest BCUT2D eigenvalue weighted by Crippen LogP contribution is 2.20. The van der Waals surface area contributed by atoms with E-state index >= 15 is 0 Å². The lowest BCUT2D eigenvalue weighted by atomic mass is 10.3. The summed E-state index contributed by atoms with van der Waals surface area (Å²) >= 11 is 1.13. The van der Waals surface area contributed by atoms with Crippen molar-refractivity contribution in [3.05, 3.63) is 60.2 Å². The summed E-state index contributed by atoms with van der Waals surface area (Å²) in [6, 6.07) is 9.92. The van der Waals surface area contributed by atoms with Crippen LogP contribution in [0.15, 0.2) is 58.8 Å². The van der Waals surface area contributed by atoms with Gasteiger partial charge in [-0.2, -0.15) is 5.10 Å². The summed E-state index contributed by atoms with van der Waals surface area (Å²) in [5, 5.41) is 3.80. The third kappa shape index (κ3) is 4.47. The number of nitrogens with zero attached hydrogens (tertiary/aromatic N) is 2. The molecule has 20 heavy (non-hydrogen) atoms. The average Bonchev–Trinajstić information content (AvgIpc) is 2.47. The molecule has 1 amide bonds. The molecule has 4 nitrogen and oxygen atoms in total. The predicted octanol–water partition coefficient (Wildman–Crippen LogP) is 2.46. The quantitative estimate of drug-likeness (QED) is 0.522. The summed E-state index contributed by atoms with van der Waals surface area (Å²) in [6.45, 7) is 0. The number of carbonyl (C=O) groups excluding carboxylic acids is 1. The second kappa shape index (κ2) is 7.40. The Balaban J connectivity index is 1.79. The minimum absolute atomic E-state index is 0.102. The molecule has 0 atom stereocenters. The lowest BCUT2D eigenvalue weighted by Crippen LogP contribution is -2.19. The molecule has 0 fully saturated rings. The number of pyridine rings is 1. The topological polar surface area (TPSA) is 54.4 Å². The van der Waals surface area contributed by atoms with Gasteiger partial charge in [-0.25, -0.2) is 9.82 Å². The van der Waals surface area contributed by atoms with Gasteiger partial charge in [0.05, 0.1) is 12.0 Å². The van der Waals surface area contributed by atoms with Crippen LogP contribution in [0.3, 0.4) is 0 Å². The van der Waals surface area contributed by atoms with Gasteiger partial charge in [-0.1, -0.05) is 18.2 Å². The zero-order valence-electron chi connectivity index (χ0n) is 10.5. The number of benzene rings is 1. The van der Waals surface area contributed by atoms with Gasteiger partial charge >= 0.3 is 0 Å². The van der Waals surface area contributed by atoms with E-state index in [1.807, 2.05) is 6.07 Å². The van der Waals surface area contributed by atoms with E-state index in [2.05, 4.69) is 15.5 Å². The predicted molar refractivity (Wildman–Crippen MR) is 77.1 cm³/mol. The minimum atomic E-state index is -0.329. The Morgan fingerprint density at radius 2 is 2.20 bits per heavy atom. The Morgan fingerprint density at radius 3 is 2.95 bits per heavy atom. The first-order chi connectivity index (χ1) is 9.75. The molecule has 0 bridgehead atoms. The van der Waals surface area contributed by atoms with Gasteiger partial charge in [-0.3, -0.25) is 9.78 Å². The van der Waals surface area contributed by atoms with Crippen molar-refractivity contribution < 1.29 is 9.18 Å². The van der Waals surface area contributed by atoms with Gasteiger partial charge in [-0.05, 0) is 18.2 Å². The fourth-order valence-corrected chi connectivity index (χ4v) is 2.10. The van der Waals surface area contributed by atoms with Crippen LogP contribution in [0.1, 0.15) is 5.56 Å². The Kier molecular flexibility index (Phi) is 5.25. The van der Waals surface area contributed by atoms with E-state index in [9.17, 15) is 9.18 Å². The fourth-order valence-electron chi connectivity index (χ4n) is 1.37. The maximum Gasteiger partial charge on any atom is 0.250 e. The van der Waals surface area contributed by atoms with Crippen molar-refractivity contribution in [1.82, 2.24) is 10.4 Å². The largest absolute Gasteiger partial charge is 0.272 e. The molecule has 102 valence electrons. The molecule has 0 saturated heterocycles. The highest BCUT2D eigenvalue weighted by molar-refractivity contribution is 8.00. The molecule has 2 rings (SSSR count). The molecule has 0 aliphatic rings. The maximum atomic E-state index is 13.3. The molecule has 0 saturated carbocycles. The third-order valence-electron chi connectivity index (χ3n) is 2.28. The minimum Gasteiger partial charge on any atom is -0.272 e. The first kappa shape index (κ1) is 14.2. The molecular weight excluding hydrogens is 277 g/mol. The highest BCUT2D eigenvalue weighted by atomic mass is 32.2. The van der Waals surface area contributed by atoms with Crippen LogP contribution in [0.2, 0.25) is 0 Å². The zero-order valence-corrected chi connectivity index (χ0v) is 11.3.